The van der Waals surface area contributed by atoms with Gasteiger partial charge < -0.3 is 5.32 Å². The third-order valence-corrected chi connectivity index (χ3v) is 7.01. The number of sulfonamides is 1. The van der Waals surface area contributed by atoms with Gasteiger partial charge in [-0.15, -0.1) is 11.3 Å². The van der Waals surface area contributed by atoms with E-state index in [-0.39, 0.29) is 6.04 Å². The van der Waals surface area contributed by atoms with E-state index in [9.17, 15) is 8.42 Å². The van der Waals surface area contributed by atoms with Gasteiger partial charge in [-0.2, -0.15) is 0 Å². The van der Waals surface area contributed by atoms with E-state index in [0.717, 1.165) is 24.1 Å². The molecule has 1 fully saturated rings. The molecule has 0 spiro atoms. The second kappa shape index (κ2) is 6.56. The fourth-order valence-electron chi connectivity index (χ4n) is 3.11. The minimum atomic E-state index is -3.40. The van der Waals surface area contributed by atoms with Gasteiger partial charge in [-0.05, 0) is 43.2 Å². The molecule has 1 heterocycles. The molecule has 2 N–H and O–H groups in total. The van der Waals surface area contributed by atoms with Crippen LogP contribution in [0.5, 0.6) is 0 Å². The molecule has 20 heavy (non-hydrogen) atoms. The topological polar surface area (TPSA) is 58.2 Å². The zero-order valence-corrected chi connectivity index (χ0v) is 14.0. The van der Waals surface area contributed by atoms with Crippen molar-refractivity contribution in [1.29, 1.82) is 0 Å². The smallest absolute Gasteiger partial charge is 0.241 e. The molecule has 0 amide bonds. The highest BCUT2D eigenvalue weighted by Crippen LogP contribution is 2.35. The molecule has 0 bridgehead atoms. The van der Waals surface area contributed by atoms with E-state index in [2.05, 4.69) is 23.9 Å². The van der Waals surface area contributed by atoms with Crippen molar-refractivity contribution in [1.82, 2.24) is 10.0 Å². The van der Waals surface area contributed by atoms with E-state index in [4.69, 9.17) is 0 Å². The normalized spacial score (nSPS) is 27.1. The summed E-state index contributed by atoms with van der Waals surface area (Å²) in [4.78, 5) is 1.31. The Bertz CT molecular complexity index is 539. The molecule has 0 radical (unpaired) electrons. The third-order valence-electron chi connectivity index (χ3n) is 4.39. The number of hydrogen-bond acceptors (Lipinski definition) is 4. The molecule has 0 aliphatic heterocycles. The van der Waals surface area contributed by atoms with Crippen molar-refractivity contribution in [3.63, 3.8) is 0 Å². The van der Waals surface area contributed by atoms with Crippen LogP contribution in [0.3, 0.4) is 0 Å². The minimum Gasteiger partial charge on any atom is -0.315 e. The number of nitrogens with one attached hydrogen (secondary N) is 2. The molecule has 1 aromatic heterocycles. The summed E-state index contributed by atoms with van der Waals surface area (Å²) in [5, 5.41) is 4.86. The maximum atomic E-state index is 12.6. The molecule has 1 saturated carbocycles. The highest BCUT2D eigenvalue weighted by atomic mass is 32.2. The summed E-state index contributed by atoms with van der Waals surface area (Å²) in [6.45, 7) is 4.93. The van der Waals surface area contributed by atoms with E-state index in [1.165, 1.54) is 11.3 Å². The first-order valence-corrected chi connectivity index (χ1v) is 9.59. The maximum absolute atomic E-state index is 12.6. The summed E-state index contributed by atoms with van der Waals surface area (Å²) in [6, 6.07) is 1.78. The zero-order valence-electron chi connectivity index (χ0n) is 12.3. The van der Waals surface area contributed by atoms with Crippen molar-refractivity contribution < 1.29 is 8.42 Å². The lowest BCUT2D eigenvalue weighted by Crippen LogP contribution is -2.37. The molecule has 6 heteroatoms. The largest absolute Gasteiger partial charge is 0.315 e. The summed E-state index contributed by atoms with van der Waals surface area (Å²) in [5.41, 5.74) is 0. The van der Waals surface area contributed by atoms with Crippen molar-refractivity contribution in [2.75, 3.05) is 7.05 Å². The molecule has 2 rings (SSSR count). The van der Waals surface area contributed by atoms with Crippen molar-refractivity contribution >= 4 is 21.4 Å². The van der Waals surface area contributed by atoms with Crippen LogP contribution in [0.1, 0.15) is 38.0 Å². The lowest BCUT2D eigenvalue weighted by Gasteiger charge is -2.21. The Morgan fingerprint density at radius 1 is 1.40 bits per heavy atom. The summed E-state index contributed by atoms with van der Waals surface area (Å²) in [6.07, 6.45) is 3.20. The standard InChI is InChI=1S/C14H24N2O2S2/c1-4-11-5-6-12(10(11)2)16-20(17,18)14-7-8-19-13(14)9-15-3/h7-8,10-12,15-16H,4-6,9H2,1-3H3. The van der Waals surface area contributed by atoms with Crippen LogP contribution in [0.25, 0.3) is 0 Å². The summed E-state index contributed by atoms with van der Waals surface area (Å²) >= 11 is 1.48. The van der Waals surface area contributed by atoms with Gasteiger partial charge >= 0.3 is 0 Å². The van der Waals surface area contributed by atoms with Crippen LogP contribution in [0.4, 0.5) is 0 Å². The van der Waals surface area contributed by atoms with Gasteiger partial charge in [0, 0.05) is 17.5 Å². The first kappa shape index (κ1) is 15.9. The van der Waals surface area contributed by atoms with Gasteiger partial charge in [0.2, 0.25) is 10.0 Å². The average Bonchev–Trinajstić information content (AvgIpc) is 2.98. The van der Waals surface area contributed by atoms with E-state index < -0.39 is 10.0 Å². The van der Waals surface area contributed by atoms with Gasteiger partial charge in [-0.3, -0.25) is 0 Å². The Labute approximate surface area is 126 Å². The lowest BCUT2D eigenvalue weighted by molar-refractivity contribution is 0.368. The molecule has 3 unspecified atom stereocenters. The van der Waals surface area contributed by atoms with Crippen molar-refractivity contribution in [3.8, 4) is 0 Å². The Morgan fingerprint density at radius 2 is 2.15 bits per heavy atom. The van der Waals surface area contributed by atoms with Gasteiger partial charge in [0.25, 0.3) is 0 Å². The predicted molar refractivity (Wildman–Crippen MR) is 83.4 cm³/mol. The number of thiophene rings is 1. The zero-order chi connectivity index (χ0) is 14.8. The number of rotatable bonds is 6. The van der Waals surface area contributed by atoms with Crippen LogP contribution >= 0.6 is 11.3 Å². The highest BCUT2D eigenvalue weighted by molar-refractivity contribution is 7.89. The molecule has 1 aliphatic carbocycles. The van der Waals surface area contributed by atoms with Gasteiger partial charge in [0.05, 0.1) is 4.90 Å². The highest BCUT2D eigenvalue weighted by Gasteiger charge is 2.35. The Hall–Kier alpha value is -0.430. The van der Waals surface area contributed by atoms with Crippen LogP contribution in [-0.4, -0.2) is 21.5 Å². The minimum absolute atomic E-state index is 0.0762. The molecular weight excluding hydrogens is 292 g/mol. The summed E-state index contributed by atoms with van der Waals surface area (Å²) < 4.78 is 28.0. The Kier molecular flexibility index (Phi) is 5.23. The maximum Gasteiger partial charge on any atom is 0.241 e. The Morgan fingerprint density at radius 3 is 2.75 bits per heavy atom. The molecule has 114 valence electrons. The van der Waals surface area contributed by atoms with Crippen LogP contribution in [0, 0.1) is 11.8 Å². The molecule has 1 aromatic rings. The van der Waals surface area contributed by atoms with E-state index in [1.807, 2.05) is 12.4 Å². The molecular formula is C14H24N2O2S2. The van der Waals surface area contributed by atoms with Crippen LogP contribution in [0.15, 0.2) is 16.3 Å². The first-order chi connectivity index (χ1) is 9.49. The van der Waals surface area contributed by atoms with Gasteiger partial charge in [0.1, 0.15) is 0 Å². The fourth-order valence-corrected chi connectivity index (χ4v) is 5.93. The van der Waals surface area contributed by atoms with E-state index in [1.54, 1.807) is 6.07 Å². The first-order valence-electron chi connectivity index (χ1n) is 7.23. The molecule has 0 saturated heterocycles. The quantitative estimate of drug-likeness (QED) is 0.848. The Balaban J connectivity index is 2.13. The second-order valence-electron chi connectivity index (χ2n) is 5.57. The molecule has 3 atom stereocenters. The van der Waals surface area contributed by atoms with Crippen LogP contribution in [-0.2, 0) is 16.6 Å². The van der Waals surface area contributed by atoms with Crippen LogP contribution < -0.4 is 10.0 Å². The van der Waals surface area contributed by atoms with Crippen molar-refractivity contribution in [2.45, 2.75) is 50.6 Å². The van der Waals surface area contributed by atoms with E-state index in [0.29, 0.717) is 23.3 Å². The monoisotopic (exact) mass is 316 g/mol. The van der Waals surface area contributed by atoms with Crippen molar-refractivity contribution in [2.24, 2.45) is 11.8 Å². The lowest BCUT2D eigenvalue weighted by atomic mass is 9.94. The average molecular weight is 316 g/mol. The van der Waals surface area contributed by atoms with E-state index >= 15 is 0 Å². The summed E-state index contributed by atoms with van der Waals surface area (Å²) in [5.74, 6) is 1.06. The third kappa shape index (κ3) is 3.24. The van der Waals surface area contributed by atoms with Gasteiger partial charge in [-0.25, -0.2) is 13.1 Å². The second-order valence-corrected chi connectivity index (χ2v) is 8.25. The van der Waals surface area contributed by atoms with Gasteiger partial charge in [-0.1, -0.05) is 20.3 Å². The van der Waals surface area contributed by atoms with Crippen LogP contribution in [0.2, 0.25) is 0 Å². The van der Waals surface area contributed by atoms with Gasteiger partial charge in [0.15, 0.2) is 0 Å². The number of hydrogen-bond donors (Lipinski definition) is 2. The fraction of sp³-hybridized carbons (Fsp3) is 0.714. The summed E-state index contributed by atoms with van der Waals surface area (Å²) in [7, 11) is -1.57. The predicted octanol–water partition coefficient (Wildman–Crippen LogP) is 2.57. The molecule has 4 nitrogen and oxygen atoms in total. The molecule has 1 aliphatic rings. The SMILES string of the molecule is CCC1CCC(NS(=O)(=O)c2ccsc2CNC)C1C. The molecule has 0 aromatic carbocycles. The van der Waals surface area contributed by atoms with Crippen molar-refractivity contribution in [3.05, 3.63) is 16.3 Å².